The molecule has 20 heavy (non-hydrogen) atoms. The van der Waals surface area contributed by atoms with Gasteiger partial charge >= 0.3 is 0 Å². The molecule has 0 atom stereocenters. The van der Waals surface area contributed by atoms with Crippen molar-refractivity contribution in [1.82, 2.24) is 14.8 Å². The SMILES string of the molecule is O=C(Nc1ccnn1C1CCCC1)c1cncc(F)c1. The highest BCUT2D eigenvalue weighted by Gasteiger charge is 2.20. The zero-order chi connectivity index (χ0) is 13.9. The van der Waals surface area contributed by atoms with E-state index in [1.54, 1.807) is 12.3 Å². The molecule has 1 N–H and O–H groups in total. The minimum atomic E-state index is -0.526. The van der Waals surface area contributed by atoms with E-state index in [1.807, 2.05) is 4.68 Å². The van der Waals surface area contributed by atoms with Crippen molar-refractivity contribution in [2.45, 2.75) is 31.7 Å². The standard InChI is InChI=1S/C14H15FN4O/c15-11-7-10(8-16-9-11)14(20)18-13-5-6-17-19(13)12-3-1-2-4-12/h5-9,12H,1-4H2,(H,18,20). The van der Waals surface area contributed by atoms with Gasteiger partial charge < -0.3 is 5.32 Å². The van der Waals surface area contributed by atoms with Crippen molar-refractivity contribution in [2.24, 2.45) is 0 Å². The maximum atomic E-state index is 13.1. The lowest BCUT2D eigenvalue weighted by atomic mass is 10.2. The zero-order valence-electron chi connectivity index (χ0n) is 10.9. The molecule has 0 saturated heterocycles. The molecule has 1 saturated carbocycles. The van der Waals surface area contributed by atoms with E-state index in [1.165, 1.54) is 25.1 Å². The van der Waals surface area contributed by atoms with Gasteiger partial charge in [-0.3, -0.25) is 9.78 Å². The van der Waals surface area contributed by atoms with Crippen molar-refractivity contribution in [1.29, 1.82) is 0 Å². The van der Waals surface area contributed by atoms with Crippen LogP contribution in [0.25, 0.3) is 0 Å². The van der Waals surface area contributed by atoms with E-state index in [0.29, 0.717) is 11.9 Å². The first-order chi connectivity index (χ1) is 9.74. The summed E-state index contributed by atoms with van der Waals surface area (Å²) in [5.41, 5.74) is 0.198. The number of nitrogens with one attached hydrogen (secondary N) is 1. The Morgan fingerprint density at radius 3 is 2.90 bits per heavy atom. The van der Waals surface area contributed by atoms with Crippen LogP contribution >= 0.6 is 0 Å². The quantitative estimate of drug-likeness (QED) is 0.936. The molecule has 0 aliphatic heterocycles. The van der Waals surface area contributed by atoms with Crippen LogP contribution in [-0.4, -0.2) is 20.7 Å². The average molecular weight is 274 g/mol. The molecule has 0 spiro atoms. The number of pyridine rings is 1. The predicted molar refractivity (Wildman–Crippen MR) is 71.9 cm³/mol. The number of nitrogens with zero attached hydrogens (tertiary/aromatic N) is 3. The first-order valence-electron chi connectivity index (χ1n) is 6.69. The van der Waals surface area contributed by atoms with Crippen molar-refractivity contribution in [3.8, 4) is 0 Å². The van der Waals surface area contributed by atoms with Crippen LogP contribution in [0.5, 0.6) is 0 Å². The van der Waals surface area contributed by atoms with Crippen LogP contribution in [0.3, 0.4) is 0 Å². The van der Waals surface area contributed by atoms with Gasteiger partial charge in [-0.25, -0.2) is 9.07 Å². The maximum absolute atomic E-state index is 13.1. The topological polar surface area (TPSA) is 59.8 Å². The van der Waals surface area contributed by atoms with Crippen molar-refractivity contribution in [3.63, 3.8) is 0 Å². The van der Waals surface area contributed by atoms with Crippen molar-refractivity contribution in [2.75, 3.05) is 5.32 Å². The average Bonchev–Trinajstić information content (AvgIpc) is 3.08. The molecule has 6 heteroatoms. The number of hydrogen-bond acceptors (Lipinski definition) is 3. The van der Waals surface area contributed by atoms with Crippen LogP contribution in [-0.2, 0) is 0 Å². The first-order valence-corrected chi connectivity index (χ1v) is 6.69. The van der Waals surface area contributed by atoms with E-state index in [9.17, 15) is 9.18 Å². The molecule has 1 aliphatic carbocycles. The van der Waals surface area contributed by atoms with E-state index < -0.39 is 5.82 Å². The van der Waals surface area contributed by atoms with Gasteiger partial charge in [0.2, 0.25) is 0 Å². The first kappa shape index (κ1) is 12.8. The van der Waals surface area contributed by atoms with Gasteiger partial charge in [-0.05, 0) is 18.9 Å². The number of hydrogen-bond donors (Lipinski definition) is 1. The van der Waals surface area contributed by atoms with E-state index in [4.69, 9.17) is 0 Å². The highest BCUT2D eigenvalue weighted by atomic mass is 19.1. The Morgan fingerprint density at radius 1 is 1.35 bits per heavy atom. The largest absolute Gasteiger partial charge is 0.307 e. The molecule has 0 bridgehead atoms. The van der Waals surface area contributed by atoms with Crippen LogP contribution < -0.4 is 5.32 Å². The Labute approximate surface area is 115 Å². The van der Waals surface area contributed by atoms with E-state index in [2.05, 4.69) is 15.4 Å². The Kier molecular flexibility index (Phi) is 3.45. The Balaban J connectivity index is 1.78. The zero-order valence-corrected chi connectivity index (χ0v) is 10.9. The molecule has 104 valence electrons. The second kappa shape index (κ2) is 5.40. The van der Waals surface area contributed by atoms with Crippen LogP contribution in [0.1, 0.15) is 42.1 Å². The molecule has 0 radical (unpaired) electrons. The molecule has 1 amide bonds. The Hall–Kier alpha value is -2.24. The number of anilines is 1. The van der Waals surface area contributed by atoms with Gasteiger partial charge in [-0.2, -0.15) is 5.10 Å². The lowest BCUT2D eigenvalue weighted by molar-refractivity contribution is 0.102. The molecule has 1 fully saturated rings. The van der Waals surface area contributed by atoms with Crippen LogP contribution in [0, 0.1) is 5.82 Å². The molecular weight excluding hydrogens is 259 g/mol. The predicted octanol–water partition coefficient (Wildman–Crippen LogP) is 2.78. The minimum Gasteiger partial charge on any atom is -0.307 e. The fourth-order valence-corrected chi connectivity index (χ4v) is 2.58. The third kappa shape index (κ3) is 2.54. The summed E-state index contributed by atoms with van der Waals surface area (Å²) in [6.07, 6.45) is 8.60. The van der Waals surface area contributed by atoms with Crippen molar-refractivity contribution >= 4 is 11.7 Å². The molecule has 3 rings (SSSR count). The van der Waals surface area contributed by atoms with Crippen LogP contribution in [0.2, 0.25) is 0 Å². The lowest BCUT2D eigenvalue weighted by Gasteiger charge is -2.14. The molecule has 2 heterocycles. The molecule has 2 aromatic heterocycles. The molecular formula is C14H15FN4O. The summed E-state index contributed by atoms with van der Waals surface area (Å²) < 4.78 is 14.9. The van der Waals surface area contributed by atoms with E-state index in [-0.39, 0.29) is 11.5 Å². The maximum Gasteiger partial charge on any atom is 0.258 e. The van der Waals surface area contributed by atoms with Crippen molar-refractivity contribution < 1.29 is 9.18 Å². The van der Waals surface area contributed by atoms with E-state index >= 15 is 0 Å². The third-order valence-electron chi connectivity index (χ3n) is 3.55. The van der Waals surface area contributed by atoms with Gasteiger partial charge in [0, 0.05) is 12.3 Å². The van der Waals surface area contributed by atoms with Crippen molar-refractivity contribution in [3.05, 3.63) is 42.1 Å². The molecule has 1 aliphatic rings. The van der Waals surface area contributed by atoms with Crippen LogP contribution in [0.15, 0.2) is 30.7 Å². The van der Waals surface area contributed by atoms with Gasteiger partial charge in [0.25, 0.3) is 5.91 Å². The third-order valence-corrected chi connectivity index (χ3v) is 3.55. The Bertz CT molecular complexity index is 619. The molecule has 5 nitrogen and oxygen atoms in total. The van der Waals surface area contributed by atoms with Gasteiger partial charge in [0.1, 0.15) is 11.6 Å². The summed E-state index contributed by atoms with van der Waals surface area (Å²) in [6, 6.07) is 3.26. The number of aromatic nitrogens is 3. The molecule has 0 aromatic carbocycles. The number of rotatable bonds is 3. The fourth-order valence-electron chi connectivity index (χ4n) is 2.58. The second-order valence-corrected chi connectivity index (χ2v) is 4.95. The summed E-state index contributed by atoms with van der Waals surface area (Å²) in [7, 11) is 0. The van der Waals surface area contributed by atoms with E-state index in [0.717, 1.165) is 19.0 Å². The van der Waals surface area contributed by atoms with Gasteiger partial charge in [-0.15, -0.1) is 0 Å². The number of amides is 1. The minimum absolute atomic E-state index is 0.198. The highest BCUT2D eigenvalue weighted by Crippen LogP contribution is 2.31. The summed E-state index contributed by atoms with van der Waals surface area (Å²) in [6.45, 7) is 0. The Morgan fingerprint density at radius 2 is 2.15 bits per heavy atom. The smallest absolute Gasteiger partial charge is 0.258 e. The molecule has 0 unspecified atom stereocenters. The van der Waals surface area contributed by atoms with Gasteiger partial charge in [-0.1, -0.05) is 12.8 Å². The molecule has 2 aromatic rings. The number of halogens is 1. The monoisotopic (exact) mass is 274 g/mol. The lowest BCUT2D eigenvalue weighted by Crippen LogP contribution is -2.18. The summed E-state index contributed by atoms with van der Waals surface area (Å²) >= 11 is 0. The van der Waals surface area contributed by atoms with Crippen LogP contribution in [0.4, 0.5) is 10.2 Å². The highest BCUT2D eigenvalue weighted by molar-refractivity contribution is 6.03. The number of carbonyl (C=O) groups is 1. The van der Waals surface area contributed by atoms with Gasteiger partial charge in [0.05, 0.1) is 24.0 Å². The summed E-state index contributed by atoms with van der Waals surface area (Å²) in [5.74, 6) is -0.259. The second-order valence-electron chi connectivity index (χ2n) is 4.95. The number of carbonyl (C=O) groups excluding carboxylic acids is 1. The van der Waals surface area contributed by atoms with Gasteiger partial charge in [0.15, 0.2) is 0 Å². The summed E-state index contributed by atoms with van der Waals surface area (Å²) in [5, 5.41) is 7.04. The normalized spacial score (nSPS) is 15.4. The summed E-state index contributed by atoms with van der Waals surface area (Å²) in [4.78, 5) is 15.7. The fraction of sp³-hybridized carbons (Fsp3) is 0.357.